The number of halogens is 10. The fraction of sp³-hybridized carbons (Fsp3) is 0.132. The summed E-state index contributed by atoms with van der Waals surface area (Å²) < 4.78 is 167. The maximum Gasteiger partial charge on any atom is 0.200 e. The summed E-state index contributed by atoms with van der Waals surface area (Å²) in [4.78, 5) is 7.83. The van der Waals surface area contributed by atoms with E-state index < -0.39 is 98.2 Å². The number of fused-ring (bicyclic) bond motifs is 4. The van der Waals surface area contributed by atoms with Crippen molar-refractivity contribution in [3.05, 3.63) is 239 Å². The predicted octanol–water partition coefficient (Wildman–Crippen LogP) is 19.9. The van der Waals surface area contributed by atoms with E-state index in [9.17, 15) is 8.78 Å². The molecule has 9 aromatic carbocycles. The summed E-state index contributed by atoms with van der Waals surface area (Å²) >= 11 is 0. The molecule has 1 aliphatic rings. The molecule has 0 N–H and O–H groups in total. The molecule has 12 rings (SSSR count). The van der Waals surface area contributed by atoms with Gasteiger partial charge in [-0.25, -0.2) is 48.9 Å². The Kier molecular flexibility index (Phi) is 13.2. The lowest BCUT2D eigenvalue weighted by molar-refractivity contribution is 0.381. The fourth-order valence-electron chi connectivity index (χ4n) is 11.0. The van der Waals surface area contributed by atoms with Crippen molar-refractivity contribution in [2.45, 2.75) is 52.4 Å². The highest BCUT2D eigenvalue weighted by molar-refractivity contribution is 6.09. The Morgan fingerprint density at radius 2 is 0.904 bits per heavy atom. The van der Waals surface area contributed by atoms with Gasteiger partial charge in [0.15, 0.2) is 46.5 Å². The zero-order valence-corrected chi connectivity index (χ0v) is 45.3. The largest absolute Gasteiger partial charge is 0.457 e. The molecule has 0 radical (unpaired) electrons. The van der Waals surface area contributed by atoms with Gasteiger partial charge < -0.3 is 14.5 Å². The normalized spacial score (nSPS) is 12.7. The van der Waals surface area contributed by atoms with E-state index in [0.717, 1.165) is 56.2 Å². The molecule has 1 aliphatic heterocycles. The quantitative estimate of drug-likeness (QED) is 0.0819. The first-order valence-electron chi connectivity index (χ1n) is 26.4. The van der Waals surface area contributed by atoms with E-state index in [1.165, 1.54) is 11.0 Å². The van der Waals surface area contributed by atoms with E-state index in [4.69, 9.17) is 9.72 Å². The summed E-state index contributed by atoms with van der Waals surface area (Å²) in [6.45, 7) is 10.7. The van der Waals surface area contributed by atoms with Crippen LogP contribution in [-0.2, 0) is 10.8 Å². The van der Waals surface area contributed by atoms with Crippen LogP contribution in [0.25, 0.3) is 72.1 Å². The standard InChI is InChI=1S/C68H48F10N4O/c1-67(2,3)38-26-27-79-53(32-38)82-49-21-13-12-20-45(49)46-25-24-41(34-52(46)82)83-42-29-37(44-19-11-10-18-43(44)36-16-8-7-9-17-36)28-40(33-42)80-35-81(51-23-15-14-22-50(51)80)66-47(54-56(69)60(73)64(77)61(74)57(54)70)30-39(68(4,5)6)31-48(66)55-58(71)62(75)65(78)63(76)59(55)72/h7-34H,35H2,1-6H3. The predicted molar refractivity (Wildman–Crippen MR) is 306 cm³/mol. The summed E-state index contributed by atoms with van der Waals surface area (Å²) in [5, 5.41) is 1.91. The number of hydrogen-bond donors (Lipinski definition) is 0. The first-order chi connectivity index (χ1) is 39.6. The lowest BCUT2D eigenvalue weighted by Gasteiger charge is -2.30. The van der Waals surface area contributed by atoms with Crippen LogP contribution in [0.4, 0.5) is 66.7 Å². The van der Waals surface area contributed by atoms with Crippen molar-refractivity contribution in [3.8, 4) is 61.8 Å². The molecule has 0 atom stereocenters. The van der Waals surface area contributed by atoms with E-state index in [0.29, 0.717) is 34.3 Å². The van der Waals surface area contributed by atoms with Crippen molar-refractivity contribution in [3.63, 3.8) is 0 Å². The number of benzene rings is 9. The molecule has 0 amide bonds. The molecule has 0 unspecified atom stereocenters. The Morgan fingerprint density at radius 3 is 1.49 bits per heavy atom. The second-order valence-electron chi connectivity index (χ2n) is 22.5. The number of rotatable bonds is 9. The molecular formula is C68H48F10N4O. The third-order valence-electron chi connectivity index (χ3n) is 15.2. The highest BCUT2D eigenvalue weighted by Crippen LogP contribution is 2.54. The molecule has 11 aromatic rings. The Labute approximate surface area is 470 Å². The fourth-order valence-corrected chi connectivity index (χ4v) is 11.0. The second-order valence-corrected chi connectivity index (χ2v) is 22.5. The minimum Gasteiger partial charge on any atom is -0.457 e. The average Bonchev–Trinajstić information content (AvgIpc) is 2.58. The van der Waals surface area contributed by atoms with Crippen molar-refractivity contribution in [2.75, 3.05) is 16.5 Å². The number of anilines is 4. The van der Waals surface area contributed by atoms with E-state index in [2.05, 4.69) is 31.4 Å². The summed E-state index contributed by atoms with van der Waals surface area (Å²) in [7, 11) is 0. The van der Waals surface area contributed by atoms with Gasteiger partial charge in [0.05, 0.1) is 39.2 Å². The topological polar surface area (TPSA) is 33.5 Å². The molecule has 0 saturated heterocycles. The van der Waals surface area contributed by atoms with Crippen molar-refractivity contribution in [1.29, 1.82) is 0 Å². The molecule has 0 spiro atoms. The van der Waals surface area contributed by atoms with Crippen LogP contribution in [0.3, 0.4) is 0 Å². The molecule has 0 bridgehead atoms. The van der Waals surface area contributed by atoms with E-state index in [1.807, 2.05) is 115 Å². The summed E-state index contributed by atoms with van der Waals surface area (Å²) in [6.07, 6.45) is 1.79. The Morgan fingerprint density at radius 1 is 0.398 bits per heavy atom. The summed E-state index contributed by atoms with van der Waals surface area (Å²) in [5.74, 6) is -22.1. The maximum atomic E-state index is 16.5. The van der Waals surface area contributed by atoms with E-state index >= 15 is 35.1 Å². The molecule has 0 fully saturated rings. The first kappa shape index (κ1) is 54.2. The van der Waals surface area contributed by atoms with Crippen molar-refractivity contribution >= 4 is 44.6 Å². The Bertz CT molecular complexity index is 4300. The number of nitrogens with zero attached hydrogens (tertiary/aromatic N) is 4. The third kappa shape index (κ3) is 9.18. The molecule has 5 nitrogen and oxygen atoms in total. The average molecular weight is 1130 g/mol. The Balaban J connectivity index is 1.09. The number of hydrogen-bond acceptors (Lipinski definition) is 4. The SMILES string of the molecule is CC(C)(C)c1ccnc(-n2c3ccccc3c3ccc(Oc4cc(-c5ccccc5-c5ccccc5)cc(N5CN(c6c(-c7c(F)c(F)c(F)c(F)c7F)cc(C(C)(C)C)cc6-c6c(F)c(F)c(F)c(F)c6F)c6ccccc65)c4)cc32)c1. The van der Waals surface area contributed by atoms with Gasteiger partial charge in [-0.2, -0.15) is 0 Å². The third-order valence-corrected chi connectivity index (χ3v) is 15.2. The highest BCUT2D eigenvalue weighted by Gasteiger charge is 2.39. The van der Waals surface area contributed by atoms with Gasteiger partial charge in [-0.05, 0) is 111 Å². The number of para-hydroxylation sites is 3. The highest BCUT2D eigenvalue weighted by atomic mass is 19.2. The van der Waals surface area contributed by atoms with Gasteiger partial charge in [-0.3, -0.25) is 4.57 Å². The van der Waals surface area contributed by atoms with E-state index in [1.54, 1.807) is 56.1 Å². The monoisotopic (exact) mass is 1130 g/mol. The van der Waals surface area contributed by atoms with Crippen molar-refractivity contribution in [1.82, 2.24) is 9.55 Å². The maximum absolute atomic E-state index is 16.5. The van der Waals surface area contributed by atoms with Gasteiger partial charge in [0.2, 0.25) is 11.6 Å². The molecular weight excluding hydrogens is 1080 g/mol. The van der Waals surface area contributed by atoms with Crippen LogP contribution in [0.1, 0.15) is 52.7 Å². The van der Waals surface area contributed by atoms with Crippen LogP contribution in [0.15, 0.2) is 170 Å². The van der Waals surface area contributed by atoms with Crippen molar-refractivity contribution in [2.24, 2.45) is 0 Å². The van der Waals surface area contributed by atoms with Crippen LogP contribution in [0.2, 0.25) is 0 Å². The first-order valence-corrected chi connectivity index (χ1v) is 26.4. The van der Waals surface area contributed by atoms with Gasteiger partial charge in [0.25, 0.3) is 0 Å². The second kappa shape index (κ2) is 20.3. The van der Waals surface area contributed by atoms with Crippen LogP contribution >= 0.6 is 0 Å². The Hall–Kier alpha value is -9.37. The molecule has 2 aromatic heterocycles. The van der Waals surface area contributed by atoms with E-state index in [-0.39, 0.29) is 16.7 Å². The van der Waals surface area contributed by atoms with Gasteiger partial charge in [-0.1, -0.05) is 126 Å². The van der Waals surface area contributed by atoms with Gasteiger partial charge >= 0.3 is 0 Å². The molecule has 416 valence electrons. The number of pyridine rings is 1. The minimum absolute atomic E-state index is 0.0247. The van der Waals surface area contributed by atoms with Crippen LogP contribution < -0.4 is 14.5 Å². The van der Waals surface area contributed by atoms with Gasteiger partial charge in [0.1, 0.15) is 24.0 Å². The van der Waals surface area contributed by atoms with Gasteiger partial charge in [-0.15, -0.1) is 0 Å². The zero-order chi connectivity index (χ0) is 58.6. The lowest BCUT2D eigenvalue weighted by Crippen LogP contribution is -2.26. The lowest BCUT2D eigenvalue weighted by atomic mass is 9.81. The van der Waals surface area contributed by atoms with Crippen LogP contribution in [-0.4, -0.2) is 16.2 Å². The number of aromatic nitrogens is 2. The summed E-state index contributed by atoms with van der Waals surface area (Å²) in [6, 6.07) is 49.1. The van der Waals surface area contributed by atoms with Crippen LogP contribution in [0, 0.1) is 58.2 Å². The van der Waals surface area contributed by atoms with Crippen molar-refractivity contribution < 1.29 is 48.6 Å². The summed E-state index contributed by atoms with van der Waals surface area (Å²) in [5.41, 5.74) is 0.168. The van der Waals surface area contributed by atoms with Crippen LogP contribution in [0.5, 0.6) is 11.5 Å². The molecule has 3 heterocycles. The molecule has 15 heteroatoms. The molecule has 0 aliphatic carbocycles. The number of ether oxygens (including phenoxy) is 1. The zero-order valence-electron chi connectivity index (χ0n) is 45.3. The minimum atomic E-state index is -2.48. The molecule has 83 heavy (non-hydrogen) atoms. The molecule has 0 saturated carbocycles. The smallest absolute Gasteiger partial charge is 0.200 e. The van der Waals surface area contributed by atoms with Gasteiger partial charge in [0, 0.05) is 45.9 Å².